The molecule has 21 heavy (non-hydrogen) atoms. The Morgan fingerprint density at radius 3 is 2.43 bits per heavy atom. The molecule has 5 heteroatoms. The summed E-state index contributed by atoms with van der Waals surface area (Å²) in [5.74, 6) is 0. The average Bonchev–Trinajstić information content (AvgIpc) is 2.70. The molecule has 1 aliphatic rings. The van der Waals surface area contributed by atoms with E-state index >= 15 is 0 Å². The second-order valence-electron chi connectivity index (χ2n) is 5.31. The summed E-state index contributed by atoms with van der Waals surface area (Å²) in [5.41, 5.74) is 0.837. The molecule has 112 valence electrons. The Morgan fingerprint density at radius 1 is 0.952 bits per heavy atom. The molecule has 1 aliphatic heterocycles. The van der Waals surface area contributed by atoms with Gasteiger partial charge in [-0.15, -0.1) is 0 Å². The first kappa shape index (κ1) is 14.9. The lowest BCUT2D eigenvalue weighted by Gasteiger charge is -2.18. The van der Waals surface area contributed by atoms with Crippen LogP contribution >= 0.6 is 15.9 Å². The van der Waals surface area contributed by atoms with Gasteiger partial charge in [0.05, 0.1) is 10.6 Å². The van der Waals surface area contributed by atoms with Crippen molar-refractivity contribution in [2.45, 2.75) is 30.6 Å². The first-order valence-corrected chi connectivity index (χ1v) is 9.83. The molecule has 0 aromatic heterocycles. The zero-order valence-electron chi connectivity index (χ0n) is 11.8. The molecule has 0 saturated heterocycles. The van der Waals surface area contributed by atoms with Crippen molar-refractivity contribution in [1.29, 1.82) is 0 Å². The molecule has 0 aliphatic carbocycles. The van der Waals surface area contributed by atoms with Crippen LogP contribution in [0.15, 0.2) is 41.3 Å². The lowest BCUT2D eigenvalue weighted by Crippen LogP contribution is -2.28. The van der Waals surface area contributed by atoms with E-state index in [1.807, 2.05) is 30.3 Å². The molecule has 0 bridgehead atoms. The summed E-state index contributed by atoms with van der Waals surface area (Å²) in [5, 5.41) is 2.88. The molecule has 3 nitrogen and oxygen atoms in total. The van der Waals surface area contributed by atoms with E-state index in [2.05, 4.69) is 15.9 Å². The largest absolute Gasteiger partial charge is 0.266 e. The minimum atomic E-state index is -3.37. The van der Waals surface area contributed by atoms with Gasteiger partial charge in [0.25, 0.3) is 10.0 Å². The molecule has 0 fully saturated rings. The molecule has 2 aromatic rings. The van der Waals surface area contributed by atoms with E-state index in [4.69, 9.17) is 0 Å². The van der Waals surface area contributed by atoms with Crippen molar-refractivity contribution in [1.82, 2.24) is 0 Å². The van der Waals surface area contributed by atoms with Gasteiger partial charge in [-0.2, -0.15) is 0 Å². The quantitative estimate of drug-likeness (QED) is 0.563. The number of benzene rings is 2. The van der Waals surface area contributed by atoms with Gasteiger partial charge in [0.2, 0.25) is 0 Å². The van der Waals surface area contributed by atoms with Gasteiger partial charge >= 0.3 is 0 Å². The predicted molar refractivity (Wildman–Crippen MR) is 90.7 cm³/mol. The van der Waals surface area contributed by atoms with Crippen LogP contribution in [0.2, 0.25) is 0 Å². The Morgan fingerprint density at radius 2 is 1.67 bits per heavy atom. The van der Waals surface area contributed by atoms with Gasteiger partial charge in [-0.05, 0) is 30.4 Å². The van der Waals surface area contributed by atoms with Gasteiger partial charge in [0.1, 0.15) is 0 Å². The fourth-order valence-corrected chi connectivity index (χ4v) is 5.05. The topological polar surface area (TPSA) is 37.4 Å². The van der Waals surface area contributed by atoms with Crippen molar-refractivity contribution < 1.29 is 8.42 Å². The van der Waals surface area contributed by atoms with Crippen LogP contribution in [0.4, 0.5) is 5.69 Å². The Bertz CT molecular complexity index is 753. The highest BCUT2D eigenvalue weighted by Gasteiger charge is 2.34. The van der Waals surface area contributed by atoms with Crippen LogP contribution in [0.5, 0.6) is 0 Å². The summed E-state index contributed by atoms with van der Waals surface area (Å²) in [4.78, 5) is 0.455. The highest BCUT2D eigenvalue weighted by molar-refractivity contribution is 9.09. The van der Waals surface area contributed by atoms with Gasteiger partial charge in [0.15, 0.2) is 0 Å². The maximum atomic E-state index is 12.7. The lowest BCUT2D eigenvalue weighted by molar-refractivity contribution is 0.589. The predicted octanol–water partition coefficient (Wildman–Crippen LogP) is 4.30. The monoisotopic (exact) mass is 367 g/mol. The van der Waals surface area contributed by atoms with Crippen molar-refractivity contribution >= 4 is 42.4 Å². The molecule has 0 saturated carbocycles. The van der Waals surface area contributed by atoms with Crippen molar-refractivity contribution in [3.63, 3.8) is 0 Å². The zero-order chi connectivity index (χ0) is 14.9. The SMILES string of the molecule is O=S1(=O)c2cccc3cccc(c23)N1CCCCCCBr. The molecule has 0 spiro atoms. The first-order chi connectivity index (χ1) is 10.2. The minimum Gasteiger partial charge on any atom is -0.266 e. The number of hydrogen-bond donors (Lipinski definition) is 0. The molecule has 0 N–H and O–H groups in total. The van der Waals surface area contributed by atoms with E-state index in [1.165, 1.54) is 0 Å². The second kappa shape index (κ2) is 5.97. The van der Waals surface area contributed by atoms with Gasteiger partial charge < -0.3 is 0 Å². The van der Waals surface area contributed by atoms with Crippen LogP contribution in [-0.2, 0) is 10.0 Å². The molecular formula is C16H18BrNO2S. The minimum absolute atomic E-state index is 0.455. The third-order valence-corrected chi connectivity index (χ3v) is 6.34. The normalized spacial score (nSPS) is 15.8. The van der Waals surface area contributed by atoms with E-state index in [-0.39, 0.29) is 0 Å². The Kier molecular flexibility index (Phi) is 4.22. The van der Waals surface area contributed by atoms with Crippen molar-refractivity contribution in [2.24, 2.45) is 0 Å². The van der Waals surface area contributed by atoms with Crippen LogP contribution in [-0.4, -0.2) is 20.3 Å². The zero-order valence-corrected chi connectivity index (χ0v) is 14.2. The third kappa shape index (κ3) is 2.57. The average molecular weight is 368 g/mol. The number of rotatable bonds is 6. The van der Waals surface area contributed by atoms with Crippen LogP contribution in [0.1, 0.15) is 25.7 Å². The van der Waals surface area contributed by atoms with E-state index in [0.29, 0.717) is 11.4 Å². The van der Waals surface area contributed by atoms with Crippen LogP contribution in [0.3, 0.4) is 0 Å². The summed E-state index contributed by atoms with van der Waals surface area (Å²) in [6.45, 7) is 0.568. The van der Waals surface area contributed by atoms with Gasteiger partial charge in [-0.3, -0.25) is 4.31 Å². The fourth-order valence-electron chi connectivity index (χ4n) is 2.90. The summed E-state index contributed by atoms with van der Waals surface area (Å²) < 4.78 is 27.0. The molecule has 0 amide bonds. The van der Waals surface area contributed by atoms with E-state index in [1.54, 1.807) is 10.4 Å². The maximum Gasteiger partial charge on any atom is 0.265 e. The van der Waals surface area contributed by atoms with E-state index in [9.17, 15) is 8.42 Å². The Labute approximate surface area is 134 Å². The molecular weight excluding hydrogens is 350 g/mol. The number of nitrogens with zero attached hydrogens (tertiary/aromatic N) is 1. The Balaban J connectivity index is 1.88. The number of anilines is 1. The lowest BCUT2D eigenvalue weighted by atomic mass is 10.1. The standard InChI is InChI=1S/C16H18BrNO2S/c17-11-3-1-2-4-12-18-14-9-5-7-13-8-6-10-15(16(13)14)21(18,19)20/h5-10H,1-4,11-12H2. The maximum absolute atomic E-state index is 12.7. The van der Waals surface area contributed by atoms with E-state index < -0.39 is 10.0 Å². The number of alkyl halides is 1. The summed E-state index contributed by atoms with van der Waals surface area (Å²) in [7, 11) is -3.37. The van der Waals surface area contributed by atoms with Gasteiger partial charge in [-0.25, -0.2) is 8.42 Å². The summed E-state index contributed by atoms with van der Waals surface area (Å²) in [6.07, 6.45) is 4.24. The number of halogens is 1. The third-order valence-electron chi connectivity index (χ3n) is 3.93. The smallest absolute Gasteiger partial charge is 0.265 e. The summed E-state index contributed by atoms with van der Waals surface area (Å²) in [6, 6.07) is 11.3. The number of sulfonamides is 1. The second-order valence-corrected chi connectivity index (χ2v) is 7.94. The van der Waals surface area contributed by atoms with Crippen molar-refractivity contribution in [3.8, 4) is 0 Å². The summed E-state index contributed by atoms with van der Waals surface area (Å²) >= 11 is 3.42. The molecule has 0 unspecified atom stereocenters. The fraction of sp³-hybridized carbons (Fsp3) is 0.375. The number of hydrogen-bond acceptors (Lipinski definition) is 2. The first-order valence-electron chi connectivity index (χ1n) is 7.27. The van der Waals surface area contributed by atoms with Crippen LogP contribution in [0, 0.1) is 0 Å². The highest BCUT2D eigenvalue weighted by Crippen LogP contribution is 2.41. The van der Waals surface area contributed by atoms with Crippen molar-refractivity contribution in [3.05, 3.63) is 36.4 Å². The molecule has 1 heterocycles. The molecule has 2 aromatic carbocycles. The van der Waals surface area contributed by atoms with Crippen LogP contribution in [0.25, 0.3) is 10.8 Å². The van der Waals surface area contributed by atoms with Gasteiger partial charge in [0, 0.05) is 17.3 Å². The number of unbranched alkanes of at least 4 members (excludes halogenated alkanes) is 3. The molecule has 0 radical (unpaired) electrons. The Hall–Kier alpha value is -1.07. The van der Waals surface area contributed by atoms with Crippen LogP contribution < -0.4 is 4.31 Å². The van der Waals surface area contributed by atoms with Crippen molar-refractivity contribution in [2.75, 3.05) is 16.2 Å². The van der Waals surface area contributed by atoms with E-state index in [0.717, 1.165) is 47.5 Å². The highest BCUT2D eigenvalue weighted by atomic mass is 79.9. The molecule has 0 atom stereocenters. The van der Waals surface area contributed by atoms with Gasteiger partial charge in [-0.1, -0.05) is 53.0 Å². The molecule has 3 rings (SSSR count).